The molecule has 3 aromatic carbocycles. The maximum absolute atomic E-state index is 6.43. The Hall–Kier alpha value is -3.13. The molecule has 0 saturated heterocycles. The Balaban J connectivity index is 1.87. The van der Waals surface area contributed by atoms with Crippen molar-refractivity contribution < 1.29 is 4.74 Å². The Kier molecular flexibility index (Phi) is 3.10. The molecule has 2 nitrogen and oxygen atoms in total. The van der Waals surface area contributed by atoms with Crippen LogP contribution in [0.2, 0.25) is 0 Å². The minimum Gasteiger partial charge on any atom is -0.480 e. The lowest BCUT2D eigenvalue weighted by Gasteiger charge is -2.30. The molecule has 2 heterocycles. The second-order valence-corrected chi connectivity index (χ2v) is 6.42. The van der Waals surface area contributed by atoms with Crippen LogP contribution in [0.3, 0.4) is 0 Å². The maximum Gasteiger partial charge on any atom is 0.151 e. The molecule has 25 heavy (non-hydrogen) atoms. The topological polar surface area (TPSA) is 22.1 Å². The third-order valence-corrected chi connectivity index (χ3v) is 4.95. The van der Waals surface area contributed by atoms with Gasteiger partial charge in [0.1, 0.15) is 5.75 Å². The van der Waals surface area contributed by atoms with Crippen molar-refractivity contribution in [3.05, 3.63) is 95.6 Å². The summed E-state index contributed by atoms with van der Waals surface area (Å²) in [5.41, 5.74) is 6.69. The summed E-state index contributed by atoms with van der Waals surface area (Å²) in [5.74, 6) is 0.894. The van der Waals surface area contributed by atoms with Crippen molar-refractivity contribution in [1.29, 1.82) is 0 Å². The number of pyridine rings is 1. The molecule has 5 rings (SSSR count). The average molecular weight is 323 g/mol. The first-order chi connectivity index (χ1) is 12.3. The van der Waals surface area contributed by atoms with Crippen LogP contribution in [0.1, 0.15) is 22.8 Å². The first-order valence-electron chi connectivity index (χ1n) is 8.53. The van der Waals surface area contributed by atoms with Gasteiger partial charge >= 0.3 is 0 Å². The van der Waals surface area contributed by atoms with E-state index in [1.54, 1.807) is 0 Å². The predicted molar refractivity (Wildman–Crippen MR) is 101 cm³/mol. The van der Waals surface area contributed by atoms with Gasteiger partial charge in [0, 0.05) is 16.5 Å². The Morgan fingerprint density at radius 2 is 1.52 bits per heavy atom. The van der Waals surface area contributed by atoms with Crippen molar-refractivity contribution in [1.82, 2.24) is 4.98 Å². The smallest absolute Gasteiger partial charge is 0.151 e. The number of nitrogens with zero attached hydrogens (tertiary/aromatic N) is 1. The fourth-order valence-corrected chi connectivity index (χ4v) is 3.73. The van der Waals surface area contributed by atoms with E-state index in [1.807, 2.05) is 30.3 Å². The third-order valence-electron chi connectivity index (χ3n) is 4.95. The van der Waals surface area contributed by atoms with Crippen molar-refractivity contribution >= 4 is 10.9 Å². The quantitative estimate of drug-likeness (QED) is 0.449. The van der Waals surface area contributed by atoms with E-state index in [4.69, 9.17) is 9.72 Å². The zero-order chi connectivity index (χ0) is 16.8. The van der Waals surface area contributed by atoms with Crippen molar-refractivity contribution in [2.45, 2.75) is 13.0 Å². The van der Waals surface area contributed by atoms with Crippen LogP contribution in [0.5, 0.6) is 5.75 Å². The Morgan fingerprint density at radius 1 is 0.800 bits per heavy atom. The number of benzene rings is 3. The molecule has 0 amide bonds. The molecule has 1 aliphatic rings. The van der Waals surface area contributed by atoms with E-state index in [0.717, 1.165) is 28.1 Å². The zero-order valence-electron chi connectivity index (χ0n) is 13.9. The number of hydrogen-bond donors (Lipinski definition) is 0. The van der Waals surface area contributed by atoms with E-state index in [-0.39, 0.29) is 6.10 Å². The van der Waals surface area contributed by atoms with Gasteiger partial charge in [-0.15, -0.1) is 0 Å². The number of aryl methyl sites for hydroxylation is 1. The Labute approximate surface area is 146 Å². The molecule has 0 spiro atoms. The van der Waals surface area contributed by atoms with E-state index >= 15 is 0 Å². The van der Waals surface area contributed by atoms with Gasteiger partial charge in [0.25, 0.3) is 0 Å². The van der Waals surface area contributed by atoms with E-state index < -0.39 is 0 Å². The number of aromatic nitrogens is 1. The lowest BCUT2D eigenvalue weighted by molar-refractivity contribution is 0.242. The minimum absolute atomic E-state index is 0.136. The van der Waals surface area contributed by atoms with Crippen molar-refractivity contribution in [2.75, 3.05) is 0 Å². The highest BCUT2D eigenvalue weighted by molar-refractivity contribution is 5.89. The van der Waals surface area contributed by atoms with E-state index in [0.29, 0.717) is 0 Å². The number of para-hydroxylation sites is 2. The number of hydrogen-bond acceptors (Lipinski definition) is 2. The summed E-state index contributed by atoms with van der Waals surface area (Å²) in [4.78, 5) is 5.01. The van der Waals surface area contributed by atoms with Crippen LogP contribution in [-0.2, 0) is 0 Å². The molecule has 2 heteroatoms. The summed E-state index contributed by atoms with van der Waals surface area (Å²) < 4.78 is 6.43. The zero-order valence-corrected chi connectivity index (χ0v) is 13.9. The molecule has 1 unspecified atom stereocenters. The first kappa shape index (κ1) is 14.2. The molecule has 0 saturated carbocycles. The molecule has 0 fully saturated rings. The highest BCUT2D eigenvalue weighted by atomic mass is 16.5. The van der Waals surface area contributed by atoms with Crippen molar-refractivity contribution in [3.8, 4) is 17.0 Å². The average Bonchev–Trinajstić information content (AvgIpc) is 2.68. The van der Waals surface area contributed by atoms with E-state index in [9.17, 15) is 0 Å². The standard InChI is InChI=1S/C23H17NO/c1-15-17-11-5-7-13-19(17)24-22-18-12-6-8-14-20(18)25-23(21(15)22)16-9-3-2-4-10-16/h2-14,23H,1H3. The van der Waals surface area contributed by atoms with E-state index in [1.165, 1.54) is 16.5 Å². The lowest BCUT2D eigenvalue weighted by atomic mass is 9.88. The fourth-order valence-electron chi connectivity index (χ4n) is 3.73. The Morgan fingerprint density at radius 3 is 2.40 bits per heavy atom. The van der Waals surface area contributed by atoms with Gasteiger partial charge in [-0.1, -0.05) is 60.7 Å². The van der Waals surface area contributed by atoms with Crippen LogP contribution in [0.4, 0.5) is 0 Å². The summed E-state index contributed by atoms with van der Waals surface area (Å²) in [6.07, 6.45) is -0.136. The van der Waals surface area contributed by atoms with Gasteiger partial charge < -0.3 is 4.74 Å². The van der Waals surface area contributed by atoms with Gasteiger partial charge in [0.2, 0.25) is 0 Å². The van der Waals surface area contributed by atoms with Gasteiger partial charge in [-0.05, 0) is 36.2 Å². The van der Waals surface area contributed by atoms with Crippen LogP contribution in [-0.4, -0.2) is 4.98 Å². The fraction of sp³-hybridized carbons (Fsp3) is 0.0870. The van der Waals surface area contributed by atoms with Gasteiger partial charge in [0.05, 0.1) is 11.2 Å². The molecule has 0 aliphatic carbocycles. The van der Waals surface area contributed by atoms with Crippen molar-refractivity contribution in [2.24, 2.45) is 0 Å². The SMILES string of the molecule is Cc1c2c(nc3ccccc13)-c1ccccc1OC2c1ccccc1. The second kappa shape index (κ2) is 5.45. The molecule has 0 radical (unpaired) electrons. The van der Waals surface area contributed by atoms with Crippen molar-refractivity contribution in [3.63, 3.8) is 0 Å². The van der Waals surface area contributed by atoms with Crippen LogP contribution in [0.25, 0.3) is 22.2 Å². The number of ether oxygens (including phenoxy) is 1. The summed E-state index contributed by atoms with van der Waals surface area (Å²) >= 11 is 0. The third kappa shape index (κ3) is 2.14. The molecule has 4 aromatic rings. The van der Waals surface area contributed by atoms with Gasteiger partial charge in [-0.2, -0.15) is 0 Å². The minimum atomic E-state index is -0.136. The summed E-state index contributed by atoms with van der Waals surface area (Å²) in [6, 6.07) is 26.9. The normalized spacial score (nSPS) is 15.3. The van der Waals surface area contributed by atoms with Gasteiger partial charge in [-0.3, -0.25) is 0 Å². The maximum atomic E-state index is 6.43. The lowest BCUT2D eigenvalue weighted by Crippen LogP contribution is -2.18. The summed E-state index contributed by atoms with van der Waals surface area (Å²) in [5, 5.41) is 1.19. The largest absolute Gasteiger partial charge is 0.480 e. The molecular weight excluding hydrogens is 306 g/mol. The molecule has 1 aliphatic heterocycles. The summed E-state index contributed by atoms with van der Waals surface area (Å²) in [7, 11) is 0. The van der Waals surface area contributed by atoms with E-state index in [2.05, 4.69) is 55.5 Å². The highest BCUT2D eigenvalue weighted by Gasteiger charge is 2.30. The van der Waals surface area contributed by atoms with Crippen LogP contribution >= 0.6 is 0 Å². The molecular formula is C23H17NO. The molecule has 0 N–H and O–H groups in total. The first-order valence-corrected chi connectivity index (χ1v) is 8.53. The van der Waals surface area contributed by atoms with Gasteiger partial charge in [0.15, 0.2) is 6.10 Å². The number of rotatable bonds is 1. The Bertz CT molecular complexity index is 1090. The molecule has 1 aromatic heterocycles. The predicted octanol–water partition coefficient (Wildman–Crippen LogP) is 5.69. The highest BCUT2D eigenvalue weighted by Crippen LogP contribution is 2.46. The summed E-state index contributed by atoms with van der Waals surface area (Å²) in [6.45, 7) is 2.18. The van der Waals surface area contributed by atoms with Crippen LogP contribution in [0.15, 0.2) is 78.9 Å². The molecule has 120 valence electrons. The van der Waals surface area contributed by atoms with Crippen LogP contribution in [0, 0.1) is 6.92 Å². The molecule has 1 atom stereocenters. The second-order valence-electron chi connectivity index (χ2n) is 6.42. The monoisotopic (exact) mass is 323 g/mol. The number of fused-ring (bicyclic) bond motifs is 4. The molecule has 0 bridgehead atoms. The van der Waals surface area contributed by atoms with Crippen LogP contribution < -0.4 is 4.74 Å². The van der Waals surface area contributed by atoms with Gasteiger partial charge in [-0.25, -0.2) is 4.98 Å².